The molecule has 2 rings (SSSR count). The van der Waals surface area contributed by atoms with Crippen LogP contribution in [0.3, 0.4) is 0 Å². The summed E-state index contributed by atoms with van der Waals surface area (Å²) in [6, 6.07) is 6.93. The molecule has 0 aliphatic rings. The predicted octanol–water partition coefficient (Wildman–Crippen LogP) is 3.42. The maximum atomic E-state index is 9.69. The van der Waals surface area contributed by atoms with Gasteiger partial charge in [-0.3, -0.25) is 4.98 Å². The second-order valence-electron chi connectivity index (χ2n) is 3.41. The Hall–Kier alpha value is -1.54. The van der Waals surface area contributed by atoms with Crippen LogP contribution in [0.1, 0.15) is 5.56 Å². The summed E-state index contributed by atoms with van der Waals surface area (Å²) in [6.07, 6.45) is 3.48. The van der Waals surface area contributed by atoms with E-state index in [0.717, 1.165) is 11.1 Å². The molecule has 1 heterocycles. The van der Waals surface area contributed by atoms with Crippen LogP contribution in [0.2, 0.25) is 5.02 Å². The largest absolute Gasteiger partial charge is 0.507 e. The van der Waals surface area contributed by atoms with Crippen molar-refractivity contribution in [2.75, 3.05) is 0 Å². The van der Waals surface area contributed by atoms with Crippen LogP contribution < -0.4 is 0 Å². The predicted molar refractivity (Wildman–Crippen MR) is 61.1 cm³/mol. The van der Waals surface area contributed by atoms with Gasteiger partial charge in [0.1, 0.15) is 5.75 Å². The standard InChI is InChI=1S/C12H10ClNO/c1-8-4-9(7-14-6-8)11-5-10(13)2-3-12(11)15/h2-7,15H,1H3. The Bertz CT molecular complexity index is 497. The molecule has 0 saturated carbocycles. The quantitative estimate of drug-likeness (QED) is 0.797. The summed E-state index contributed by atoms with van der Waals surface area (Å²) < 4.78 is 0. The molecule has 0 saturated heterocycles. The van der Waals surface area contributed by atoms with E-state index in [9.17, 15) is 5.11 Å². The van der Waals surface area contributed by atoms with Crippen LogP contribution in [0.25, 0.3) is 11.1 Å². The van der Waals surface area contributed by atoms with Crippen LogP contribution in [0.4, 0.5) is 0 Å². The summed E-state index contributed by atoms with van der Waals surface area (Å²) in [7, 11) is 0. The zero-order valence-electron chi connectivity index (χ0n) is 8.24. The van der Waals surface area contributed by atoms with Gasteiger partial charge < -0.3 is 5.11 Å². The topological polar surface area (TPSA) is 33.1 Å². The van der Waals surface area contributed by atoms with E-state index < -0.39 is 0 Å². The third kappa shape index (κ3) is 2.10. The molecule has 0 amide bonds. The first kappa shape index (κ1) is 9.99. The van der Waals surface area contributed by atoms with Crippen molar-refractivity contribution in [3.8, 4) is 16.9 Å². The lowest BCUT2D eigenvalue weighted by Crippen LogP contribution is -1.83. The molecule has 76 valence electrons. The van der Waals surface area contributed by atoms with Crippen LogP contribution >= 0.6 is 11.6 Å². The molecule has 0 unspecified atom stereocenters. The maximum Gasteiger partial charge on any atom is 0.123 e. The van der Waals surface area contributed by atoms with Crippen LogP contribution in [0.5, 0.6) is 5.75 Å². The highest BCUT2D eigenvalue weighted by Gasteiger charge is 2.05. The summed E-state index contributed by atoms with van der Waals surface area (Å²) in [5.41, 5.74) is 2.63. The molecule has 1 aromatic carbocycles. The van der Waals surface area contributed by atoms with Crippen molar-refractivity contribution < 1.29 is 5.11 Å². The van der Waals surface area contributed by atoms with E-state index in [-0.39, 0.29) is 5.75 Å². The minimum atomic E-state index is 0.215. The highest BCUT2D eigenvalue weighted by molar-refractivity contribution is 6.30. The van der Waals surface area contributed by atoms with Crippen molar-refractivity contribution in [3.05, 3.63) is 47.2 Å². The number of phenolic OH excluding ortho intramolecular Hbond substituents is 1. The van der Waals surface area contributed by atoms with Gasteiger partial charge in [-0.15, -0.1) is 0 Å². The number of rotatable bonds is 1. The highest BCUT2D eigenvalue weighted by Crippen LogP contribution is 2.31. The zero-order valence-corrected chi connectivity index (χ0v) is 8.99. The summed E-state index contributed by atoms with van der Waals surface area (Å²) in [5, 5.41) is 10.3. The molecule has 0 radical (unpaired) electrons. The normalized spacial score (nSPS) is 10.3. The molecular weight excluding hydrogens is 210 g/mol. The summed E-state index contributed by atoms with van der Waals surface area (Å²) in [6.45, 7) is 1.96. The smallest absolute Gasteiger partial charge is 0.123 e. The number of phenols is 1. The third-order valence-electron chi connectivity index (χ3n) is 2.14. The molecule has 0 aliphatic heterocycles. The second kappa shape index (κ2) is 3.91. The Balaban J connectivity index is 2.58. The van der Waals surface area contributed by atoms with Crippen LogP contribution in [0.15, 0.2) is 36.7 Å². The number of hydrogen-bond donors (Lipinski definition) is 1. The van der Waals surface area contributed by atoms with Gasteiger partial charge in [0, 0.05) is 28.5 Å². The van der Waals surface area contributed by atoms with E-state index in [1.165, 1.54) is 0 Å². The molecule has 0 bridgehead atoms. The molecular formula is C12H10ClNO. The van der Waals surface area contributed by atoms with Gasteiger partial charge in [-0.2, -0.15) is 0 Å². The molecule has 0 aliphatic carbocycles. The van der Waals surface area contributed by atoms with Gasteiger partial charge >= 0.3 is 0 Å². The Morgan fingerprint density at radius 3 is 2.73 bits per heavy atom. The van der Waals surface area contributed by atoms with Gasteiger partial charge in [0.15, 0.2) is 0 Å². The van der Waals surface area contributed by atoms with Crippen molar-refractivity contribution in [1.29, 1.82) is 0 Å². The number of nitrogens with zero attached hydrogens (tertiary/aromatic N) is 1. The monoisotopic (exact) mass is 219 g/mol. The number of hydrogen-bond acceptors (Lipinski definition) is 2. The Morgan fingerprint density at radius 2 is 2.00 bits per heavy atom. The lowest BCUT2D eigenvalue weighted by atomic mass is 10.1. The molecule has 15 heavy (non-hydrogen) atoms. The summed E-state index contributed by atoms with van der Waals surface area (Å²) in [4.78, 5) is 4.08. The van der Waals surface area contributed by atoms with E-state index in [0.29, 0.717) is 10.6 Å². The fraction of sp³-hybridized carbons (Fsp3) is 0.0833. The number of pyridine rings is 1. The molecule has 3 heteroatoms. The van der Waals surface area contributed by atoms with E-state index in [1.54, 1.807) is 30.6 Å². The molecule has 0 fully saturated rings. The first-order chi connectivity index (χ1) is 7.16. The Kier molecular flexibility index (Phi) is 2.60. The SMILES string of the molecule is Cc1cncc(-c2cc(Cl)ccc2O)c1. The number of aromatic hydroxyl groups is 1. The Labute approximate surface area is 93.2 Å². The molecule has 2 nitrogen and oxygen atoms in total. The first-order valence-electron chi connectivity index (χ1n) is 4.57. The van der Waals surface area contributed by atoms with Crippen LogP contribution in [-0.4, -0.2) is 10.1 Å². The second-order valence-corrected chi connectivity index (χ2v) is 3.85. The summed E-state index contributed by atoms with van der Waals surface area (Å²) >= 11 is 5.87. The average Bonchev–Trinajstić information content (AvgIpc) is 2.22. The van der Waals surface area contributed by atoms with E-state index in [2.05, 4.69) is 4.98 Å². The minimum Gasteiger partial charge on any atom is -0.507 e. The summed E-state index contributed by atoms with van der Waals surface area (Å²) in [5.74, 6) is 0.215. The minimum absolute atomic E-state index is 0.215. The number of halogens is 1. The average molecular weight is 220 g/mol. The number of aryl methyl sites for hydroxylation is 1. The first-order valence-corrected chi connectivity index (χ1v) is 4.95. The maximum absolute atomic E-state index is 9.69. The van der Waals surface area contributed by atoms with Crippen molar-refractivity contribution in [2.24, 2.45) is 0 Å². The number of benzene rings is 1. The van der Waals surface area contributed by atoms with Crippen LogP contribution in [0, 0.1) is 6.92 Å². The molecule has 0 atom stereocenters. The van der Waals surface area contributed by atoms with E-state index >= 15 is 0 Å². The lowest BCUT2D eigenvalue weighted by molar-refractivity contribution is 0.477. The fourth-order valence-electron chi connectivity index (χ4n) is 1.44. The van der Waals surface area contributed by atoms with Gasteiger partial charge in [-0.1, -0.05) is 11.6 Å². The molecule has 1 N–H and O–H groups in total. The van der Waals surface area contributed by atoms with Crippen molar-refractivity contribution >= 4 is 11.6 Å². The van der Waals surface area contributed by atoms with Gasteiger partial charge in [-0.05, 0) is 36.8 Å². The molecule has 2 aromatic rings. The van der Waals surface area contributed by atoms with E-state index in [4.69, 9.17) is 11.6 Å². The van der Waals surface area contributed by atoms with Gasteiger partial charge in [0.05, 0.1) is 0 Å². The zero-order chi connectivity index (χ0) is 10.8. The van der Waals surface area contributed by atoms with E-state index in [1.807, 2.05) is 13.0 Å². The van der Waals surface area contributed by atoms with Crippen molar-refractivity contribution in [1.82, 2.24) is 4.98 Å². The molecule has 0 spiro atoms. The third-order valence-corrected chi connectivity index (χ3v) is 2.38. The van der Waals surface area contributed by atoms with Gasteiger partial charge in [-0.25, -0.2) is 0 Å². The van der Waals surface area contributed by atoms with Gasteiger partial charge in [0.2, 0.25) is 0 Å². The lowest BCUT2D eigenvalue weighted by Gasteiger charge is -2.05. The van der Waals surface area contributed by atoms with Crippen LogP contribution in [-0.2, 0) is 0 Å². The Morgan fingerprint density at radius 1 is 1.20 bits per heavy atom. The van der Waals surface area contributed by atoms with Crippen molar-refractivity contribution in [3.63, 3.8) is 0 Å². The molecule has 1 aromatic heterocycles. The number of aromatic nitrogens is 1. The highest BCUT2D eigenvalue weighted by atomic mass is 35.5. The fourth-order valence-corrected chi connectivity index (χ4v) is 1.61. The van der Waals surface area contributed by atoms with Gasteiger partial charge in [0.25, 0.3) is 0 Å². The van der Waals surface area contributed by atoms with Crippen molar-refractivity contribution in [2.45, 2.75) is 6.92 Å².